The minimum absolute atomic E-state index is 0.0487. The van der Waals surface area contributed by atoms with Crippen LogP contribution in [0.25, 0.3) is 11.3 Å². The molecule has 1 saturated carbocycles. The van der Waals surface area contributed by atoms with Crippen LogP contribution >= 0.6 is 0 Å². The van der Waals surface area contributed by atoms with Gasteiger partial charge in [-0.3, -0.25) is 4.79 Å². The summed E-state index contributed by atoms with van der Waals surface area (Å²) in [6.45, 7) is 3.20. The summed E-state index contributed by atoms with van der Waals surface area (Å²) in [6.07, 6.45) is 7.42. The first-order valence-corrected chi connectivity index (χ1v) is 14.7. The van der Waals surface area contributed by atoms with E-state index in [4.69, 9.17) is 4.74 Å². The number of alkyl halides is 1. The third-order valence-corrected chi connectivity index (χ3v) is 7.78. The van der Waals surface area contributed by atoms with Crippen LogP contribution in [-0.2, 0) is 6.67 Å². The number of rotatable bonds is 10. The molecule has 222 valence electrons. The molecule has 1 aliphatic heterocycles. The maximum absolute atomic E-state index is 13.7. The molecule has 0 bridgehead atoms. The van der Waals surface area contributed by atoms with E-state index in [1.54, 1.807) is 30.7 Å². The lowest BCUT2D eigenvalue weighted by Gasteiger charge is -2.29. The van der Waals surface area contributed by atoms with Crippen molar-refractivity contribution in [2.75, 3.05) is 36.1 Å². The minimum Gasteiger partial charge on any atom is -0.490 e. The zero-order valence-electron chi connectivity index (χ0n) is 24.4. The molecule has 0 spiro atoms. The van der Waals surface area contributed by atoms with Crippen LogP contribution < -0.4 is 20.7 Å². The quantitative estimate of drug-likeness (QED) is 0.199. The molecule has 0 unspecified atom stereocenters. The van der Waals surface area contributed by atoms with Gasteiger partial charge in [-0.25, -0.2) is 19.3 Å². The predicted octanol–water partition coefficient (Wildman–Crippen LogP) is 6.36. The molecule has 1 amide bonds. The molecule has 3 heterocycles. The summed E-state index contributed by atoms with van der Waals surface area (Å²) >= 11 is 0. The van der Waals surface area contributed by atoms with Gasteiger partial charge in [0.1, 0.15) is 36.5 Å². The van der Waals surface area contributed by atoms with Crippen LogP contribution in [0.3, 0.4) is 0 Å². The van der Waals surface area contributed by atoms with Crippen LogP contribution in [0.15, 0.2) is 67.1 Å². The average Bonchev–Trinajstić information content (AvgIpc) is 3.84. The largest absolute Gasteiger partial charge is 0.490 e. The zero-order valence-corrected chi connectivity index (χ0v) is 24.4. The first-order valence-electron chi connectivity index (χ1n) is 14.7. The van der Waals surface area contributed by atoms with E-state index in [1.807, 2.05) is 43.3 Å². The lowest BCUT2D eigenvalue weighted by atomic mass is 10.1. The van der Waals surface area contributed by atoms with Gasteiger partial charge in [0.25, 0.3) is 5.91 Å². The van der Waals surface area contributed by atoms with Crippen molar-refractivity contribution in [1.82, 2.24) is 19.9 Å². The molecule has 2 aromatic heterocycles. The van der Waals surface area contributed by atoms with Crippen LogP contribution in [0, 0.1) is 6.92 Å². The number of ether oxygens (including phenoxy) is 1. The molecular formula is C33H36FN7O2. The van der Waals surface area contributed by atoms with Gasteiger partial charge in [0.15, 0.2) is 0 Å². The topological polar surface area (TPSA) is 104 Å². The number of benzene rings is 2. The van der Waals surface area contributed by atoms with Crippen molar-refractivity contribution in [3.8, 4) is 17.0 Å². The number of amides is 1. The van der Waals surface area contributed by atoms with Crippen LogP contribution in [-0.4, -0.2) is 58.0 Å². The Morgan fingerprint density at radius 1 is 1.02 bits per heavy atom. The summed E-state index contributed by atoms with van der Waals surface area (Å²) in [6, 6.07) is 16.8. The van der Waals surface area contributed by atoms with E-state index in [2.05, 4.69) is 42.8 Å². The van der Waals surface area contributed by atoms with Gasteiger partial charge < -0.3 is 25.6 Å². The van der Waals surface area contributed by atoms with Crippen molar-refractivity contribution < 1.29 is 13.9 Å². The van der Waals surface area contributed by atoms with Crippen molar-refractivity contribution >= 4 is 28.9 Å². The Morgan fingerprint density at radius 2 is 1.86 bits per heavy atom. The second-order valence-electron chi connectivity index (χ2n) is 11.3. The molecular weight excluding hydrogens is 545 g/mol. The molecule has 10 heteroatoms. The van der Waals surface area contributed by atoms with Gasteiger partial charge >= 0.3 is 0 Å². The molecule has 0 atom stereocenters. The van der Waals surface area contributed by atoms with Crippen molar-refractivity contribution in [1.29, 1.82) is 0 Å². The normalized spacial score (nSPS) is 15.6. The third-order valence-electron chi connectivity index (χ3n) is 7.78. The first kappa shape index (κ1) is 28.5. The van der Waals surface area contributed by atoms with Gasteiger partial charge in [0.05, 0.1) is 5.69 Å². The Balaban J connectivity index is 1.19. The number of hydrogen-bond acceptors (Lipinski definition) is 8. The highest BCUT2D eigenvalue weighted by atomic mass is 19.1. The summed E-state index contributed by atoms with van der Waals surface area (Å²) in [5, 5.41) is 9.80. The monoisotopic (exact) mass is 581 g/mol. The van der Waals surface area contributed by atoms with Crippen molar-refractivity contribution in [2.45, 2.75) is 51.4 Å². The smallest absolute Gasteiger partial charge is 0.255 e. The van der Waals surface area contributed by atoms with Gasteiger partial charge in [0.2, 0.25) is 0 Å². The fraction of sp³-hybridized carbons (Fsp3) is 0.333. The van der Waals surface area contributed by atoms with E-state index in [0.717, 1.165) is 67.1 Å². The fourth-order valence-corrected chi connectivity index (χ4v) is 5.13. The predicted molar refractivity (Wildman–Crippen MR) is 167 cm³/mol. The van der Waals surface area contributed by atoms with Crippen molar-refractivity contribution in [2.24, 2.45) is 0 Å². The maximum Gasteiger partial charge on any atom is 0.255 e. The minimum atomic E-state index is -0.680. The summed E-state index contributed by atoms with van der Waals surface area (Å²) < 4.78 is 19.9. The molecule has 1 aliphatic carbocycles. The number of nitrogens with zero attached hydrogens (tertiary/aromatic N) is 4. The highest BCUT2D eigenvalue weighted by Crippen LogP contribution is 2.32. The highest BCUT2D eigenvalue weighted by molar-refractivity contribution is 6.05. The Bertz CT molecular complexity index is 1600. The number of carbonyl (C=O) groups excluding carboxylic acids is 1. The van der Waals surface area contributed by atoms with Gasteiger partial charge in [-0.15, -0.1) is 0 Å². The number of piperidine rings is 1. The zero-order chi connectivity index (χ0) is 29.8. The van der Waals surface area contributed by atoms with E-state index in [-0.39, 0.29) is 12.0 Å². The Kier molecular flexibility index (Phi) is 8.46. The second kappa shape index (κ2) is 12.7. The summed E-state index contributed by atoms with van der Waals surface area (Å²) in [5.41, 5.74) is 4.69. The maximum atomic E-state index is 13.7. The number of likely N-dealkylation sites (tertiary alicyclic amines) is 1. The lowest BCUT2D eigenvalue weighted by molar-refractivity contribution is 0.102. The fourth-order valence-electron chi connectivity index (χ4n) is 5.13. The Labute approximate surface area is 250 Å². The standard InChI is InChI=1S/C33H36FN7O2/c1-21-5-6-25(39-33(42)23-14-22(19-34)15-27(16-23)43-26-9-12-41(2)13-10-26)17-29(21)40-32-28(4-3-11-35-32)30-18-31(37-20-36-30)38-24-7-8-24/h3-6,11,14-18,20,24,26H,7-10,12-13,19H2,1-2H3,(H,35,40)(H,39,42)(H,36,37,38). The molecule has 4 aromatic rings. The summed E-state index contributed by atoms with van der Waals surface area (Å²) in [4.78, 5) is 29.0. The van der Waals surface area contributed by atoms with Crippen LogP contribution in [0.5, 0.6) is 5.75 Å². The molecule has 2 aliphatic rings. The molecule has 9 nitrogen and oxygen atoms in total. The number of pyridine rings is 1. The molecule has 2 fully saturated rings. The van der Waals surface area contributed by atoms with Crippen LogP contribution in [0.2, 0.25) is 0 Å². The van der Waals surface area contributed by atoms with Crippen molar-refractivity contribution in [3.05, 3.63) is 83.8 Å². The number of nitrogens with one attached hydrogen (secondary N) is 3. The van der Waals surface area contributed by atoms with Crippen molar-refractivity contribution in [3.63, 3.8) is 0 Å². The highest BCUT2D eigenvalue weighted by Gasteiger charge is 2.22. The number of anilines is 4. The van der Waals surface area contributed by atoms with E-state index in [1.165, 1.54) is 0 Å². The first-order chi connectivity index (χ1) is 20.9. The molecule has 6 rings (SSSR count). The second-order valence-corrected chi connectivity index (χ2v) is 11.3. The molecule has 1 saturated heterocycles. The van der Waals surface area contributed by atoms with E-state index < -0.39 is 6.67 Å². The third kappa shape index (κ3) is 7.26. The number of halogens is 1. The number of aryl methyl sites for hydroxylation is 1. The number of aromatic nitrogens is 3. The molecule has 43 heavy (non-hydrogen) atoms. The lowest BCUT2D eigenvalue weighted by Crippen LogP contribution is -2.35. The van der Waals surface area contributed by atoms with Crippen LogP contribution in [0.4, 0.5) is 27.4 Å². The average molecular weight is 582 g/mol. The Morgan fingerprint density at radius 3 is 2.65 bits per heavy atom. The number of hydrogen-bond donors (Lipinski definition) is 3. The van der Waals surface area contributed by atoms with E-state index >= 15 is 0 Å². The SMILES string of the molecule is Cc1ccc(NC(=O)c2cc(CF)cc(OC3CCN(C)CC3)c2)cc1Nc1ncccc1-c1cc(NC2CC2)ncn1. The van der Waals surface area contributed by atoms with Crippen LogP contribution in [0.1, 0.15) is 47.2 Å². The summed E-state index contributed by atoms with van der Waals surface area (Å²) in [7, 11) is 2.09. The molecule has 3 N–H and O–H groups in total. The van der Waals surface area contributed by atoms with E-state index in [0.29, 0.717) is 34.4 Å². The molecule has 0 radical (unpaired) electrons. The van der Waals surface area contributed by atoms with Gasteiger partial charge in [-0.05, 0) is 93.2 Å². The summed E-state index contributed by atoms with van der Waals surface area (Å²) in [5.74, 6) is 1.61. The Hall–Kier alpha value is -4.57. The van der Waals surface area contributed by atoms with E-state index in [9.17, 15) is 9.18 Å². The number of carbonyl (C=O) groups is 1. The van der Waals surface area contributed by atoms with Gasteiger partial charge in [0, 0.05) is 53.9 Å². The van der Waals surface area contributed by atoms with Gasteiger partial charge in [-0.2, -0.15) is 0 Å². The molecule has 2 aromatic carbocycles. The van der Waals surface area contributed by atoms with Gasteiger partial charge in [-0.1, -0.05) is 6.07 Å².